The number of amides is 1. The molecule has 0 spiro atoms. The number of aryl methyl sites for hydroxylation is 2. The summed E-state index contributed by atoms with van der Waals surface area (Å²) in [5.41, 5.74) is 2.42. The van der Waals surface area contributed by atoms with Crippen LogP contribution in [-0.2, 0) is 14.8 Å². The number of hydrogen-bond acceptors (Lipinski definition) is 6. The van der Waals surface area contributed by atoms with Crippen LogP contribution >= 0.6 is 0 Å². The van der Waals surface area contributed by atoms with E-state index in [-0.39, 0.29) is 22.5 Å². The van der Waals surface area contributed by atoms with Crippen molar-refractivity contribution >= 4 is 28.1 Å². The fourth-order valence-electron chi connectivity index (χ4n) is 4.16. The van der Waals surface area contributed by atoms with E-state index in [0.29, 0.717) is 38.2 Å². The highest BCUT2D eigenvalue weighted by Gasteiger charge is 2.35. The van der Waals surface area contributed by atoms with Crippen LogP contribution in [-0.4, -0.2) is 68.0 Å². The van der Waals surface area contributed by atoms with Gasteiger partial charge in [-0.2, -0.15) is 4.31 Å². The van der Waals surface area contributed by atoms with Crippen molar-refractivity contribution < 1.29 is 17.7 Å². The van der Waals surface area contributed by atoms with Gasteiger partial charge < -0.3 is 14.7 Å². The average molecular weight is 489 g/mol. The molecule has 2 heterocycles. The van der Waals surface area contributed by atoms with Crippen LogP contribution in [0.3, 0.4) is 0 Å². The first-order chi connectivity index (χ1) is 16.3. The first-order valence-electron chi connectivity index (χ1n) is 12.0. The minimum absolute atomic E-state index is 0.00656. The molecule has 1 N–H and O–H groups in total. The molecule has 1 aliphatic heterocycles. The van der Waals surface area contributed by atoms with E-state index < -0.39 is 10.0 Å². The quantitative estimate of drug-likeness (QED) is 0.551. The minimum Gasteiger partial charge on any atom is -0.355 e. The van der Waals surface area contributed by atoms with Crippen LogP contribution in [0.2, 0.25) is 0 Å². The lowest BCUT2D eigenvalue weighted by atomic mass is 9.97. The topological polar surface area (TPSA) is 95.8 Å². The highest BCUT2D eigenvalue weighted by atomic mass is 32.2. The first-order valence-corrected chi connectivity index (χ1v) is 13.4. The zero-order valence-electron chi connectivity index (χ0n) is 20.6. The van der Waals surface area contributed by atoms with Crippen molar-refractivity contribution in [3.63, 3.8) is 0 Å². The predicted molar refractivity (Wildman–Crippen MR) is 134 cm³/mol. The molecule has 3 rings (SSSR count). The average Bonchev–Trinajstić information content (AvgIpc) is 3.22. The number of nitrogens with one attached hydrogen (secondary N) is 1. The van der Waals surface area contributed by atoms with Crippen molar-refractivity contribution in [2.75, 3.05) is 39.3 Å². The van der Waals surface area contributed by atoms with Crippen LogP contribution in [0.25, 0.3) is 12.2 Å². The number of hydrogen-bond donors (Lipinski definition) is 1. The molecule has 9 heteroatoms. The number of rotatable bonds is 10. The number of benzene rings is 1. The van der Waals surface area contributed by atoms with Crippen LogP contribution in [0.1, 0.15) is 49.3 Å². The van der Waals surface area contributed by atoms with Gasteiger partial charge in [0.1, 0.15) is 5.69 Å². The van der Waals surface area contributed by atoms with Crippen molar-refractivity contribution in [3.8, 4) is 0 Å². The van der Waals surface area contributed by atoms with Gasteiger partial charge in [-0.25, -0.2) is 8.42 Å². The Labute approximate surface area is 203 Å². The van der Waals surface area contributed by atoms with Gasteiger partial charge in [0.2, 0.25) is 15.9 Å². The molecule has 34 heavy (non-hydrogen) atoms. The van der Waals surface area contributed by atoms with Gasteiger partial charge in [0.25, 0.3) is 0 Å². The van der Waals surface area contributed by atoms with E-state index in [1.54, 1.807) is 13.0 Å². The van der Waals surface area contributed by atoms with Crippen LogP contribution in [0.4, 0.5) is 0 Å². The molecule has 0 saturated carbocycles. The fraction of sp³-hybridized carbons (Fsp3) is 0.520. The predicted octanol–water partition coefficient (Wildman–Crippen LogP) is 3.32. The smallest absolute Gasteiger partial charge is 0.248 e. The second-order valence-electron chi connectivity index (χ2n) is 8.70. The van der Waals surface area contributed by atoms with E-state index in [9.17, 15) is 13.2 Å². The SMILES string of the molecule is CCN(CC)CCNC(=O)C1CCN(S(=O)(=O)c2c(C)noc2/C=C/c2ccc(C)cc2)CC1. The molecule has 1 aliphatic rings. The second kappa shape index (κ2) is 11.8. The molecular formula is C25H36N4O4S. The largest absolute Gasteiger partial charge is 0.355 e. The molecule has 0 atom stereocenters. The molecule has 1 fully saturated rings. The summed E-state index contributed by atoms with van der Waals surface area (Å²) < 4.78 is 33.6. The lowest BCUT2D eigenvalue weighted by molar-refractivity contribution is -0.126. The monoisotopic (exact) mass is 488 g/mol. The number of nitrogens with zero attached hydrogens (tertiary/aromatic N) is 3. The molecule has 186 valence electrons. The van der Waals surface area contributed by atoms with Crippen molar-refractivity contribution in [1.82, 2.24) is 19.7 Å². The Bertz CT molecular complexity index is 1080. The molecule has 1 amide bonds. The highest BCUT2D eigenvalue weighted by molar-refractivity contribution is 7.89. The molecule has 2 aromatic rings. The molecule has 0 radical (unpaired) electrons. The van der Waals surface area contributed by atoms with Crippen LogP contribution in [0.5, 0.6) is 0 Å². The van der Waals surface area contributed by atoms with Gasteiger partial charge >= 0.3 is 0 Å². The highest BCUT2D eigenvalue weighted by Crippen LogP contribution is 2.29. The third-order valence-electron chi connectivity index (χ3n) is 6.38. The maximum atomic E-state index is 13.4. The maximum absolute atomic E-state index is 13.4. The van der Waals surface area contributed by atoms with E-state index in [1.807, 2.05) is 37.3 Å². The second-order valence-corrected chi connectivity index (χ2v) is 10.6. The number of likely N-dealkylation sites (N-methyl/N-ethyl adjacent to an activating group) is 1. The molecule has 1 aromatic heterocycles. The fourth-order valence-corrected chi connectivity index (χ4v) is 5.88. The first kappa shape index (κ1) is 26.1. The summed E-state index contributed by atoms with van der Waals surface area (Å²) in [6.45, 7) is 11.8. The Morgan fingerprint density at radius 1 is 1.15 bits per heavy atom. The number of sulfonamides is 1. The summed E-state index contributed by atoms with van der Waals surface area (Å²) >= 11 is 0. The van der Waals surface area contributed by atoms with Gasteiger partial charge in [-0.05, 0) is 51.4 Å². The van der Waals surface area contributed by atoms with Crippen LogP contribution in [0.15, 0.2) is 33.7 Å². The van der Waals surface area contributed by atoms with E-state index >= 15 is 0 Å². The Kier molecular flexibility index (Phi) is 9.04. The van der Waals surface area contributed by atoms with Crippen molar-refractivity contribution in [2.24, 2.45) is 5.92 Å². The number of aromatic nitrogens is 1. The van der Waals surface area contributed by atoms with E-state index in [4.69, 9.17) is 4.52 Å². The summed E-state index contributed by atoms with van der Waals surface area (Å²) in [5.74, 6) is 0.0501. The summed E-state index contributed by atoms with van der Waals surface area (Å²) in [6.07, 6.45) is 4.45. The molecule has 1 aromatic carbocycles. The lowest BCUT2D eigenvalue weighted by Crippen LogP contribution is -2.44. The molecular weight excluding hydrogens is 452 g/mol. The van der Waals surface area contributed by atoms with Crippen molar-refractivity contribution in [1.29, 1.82) is 0 Å². The molecule has 0 bridgehead atoms. The minimum atomic E-state index is -3.79. The van der Waals surface area contributed by atoms with Gasteiger partial charge in [-0.1, -0.05) is 54.9 Å². The zero-order valence-corrected chi connectivity index (χ0v) is 21.4. The van der Waals surface area contributed by atoms with Crippen molar-refractivity contribution in [2.45, 2.75) is 45.4 Å². The lowest BCUT2D eigenvalue weighted by Gasteiger charge is -2.30. The molecule has 1 saturated heterocycles. The third-order valence-corrected chi connectivity index (χ3v) is 8.44. The summed E-state index contributed by atoms with van der Waals surface area (Å²) in [7, 11) is -3.79. The Morgan fingerprint density at radius 3 is 2.41 bits per heavy atom. The maximum Gasteiger partial charge on any atom is 0.248 e. The third kappa shape index (κ3) is 6.34. The molecule has 0 unspecified atom stereocenters. The van der Waals surface area contributed by atoms with Gasteiger partial charge in [0.05, 0.1) is 0 Å². The summed E-state index contributed by atoms with van der Waals surface area (Å²) in [6, 6.07) is 7.90. The summed E-state index contributed by atoms with van der Waals surface area (Å²) in [4.78, 5) is 14.9. The van der Waals surface area contributed by atoms with Gasteiger partial charge in [0, 0.05) is 32.1 Å². The van der Waals surface area contributed by atoms with Crippen LogP contribution < -0.4 is 5.32 Å². The van der Waals surface area contributed by atoms with E-state index in [0.717, 1.165) is 30.8 Å². The van der Waals surface area contributed by atoms with Gasteiger partial charge in [0.15, 0.2) is 10.7 Å². The van der Waals surface area contributed by atoms with Crippen molar-refractivity contribution in [3.05, 3.63) is 46.8 Å². The standard InChI is InChI=1S/C25H36N4O4S/c1-5-28(6-2)18-15-26-25(30)22-13-16-29(17-14-22)34(31,32)24-20(4)27-33-23(24)12-11-21-9-7-19(3)8-10-21/h7-12,22H,5-6,13-18H2,1-4H3,(H,26,30)/b12-11+. The Morgan fingerprint density at radius 2 is 1.79 bits per heavy atom. The van der Waals surface area contributed by atoms with Gasteiger partial charge in [-0.15, -0.1) is 0 Å². The molecule has 8 nitrogen and oxygen atoms in total. The number of carbonyl (C=O) groups excluding carboxylic acids is 1. The Balaban J connectivity index is 1.63. The number of carbonyl (C=O) groups is 1. The summed E-state index contributed by atoms with van der Waals surface area (Å²) in [5, 5.41) is 6.91. The van der Waals surface area contributed by atoms with E-state index in [2.05, 4.69) is 29.2 Å². The van der Waals surface area contributed by atoms with Gasteiger partial charge in [-0.3, -0.25) is 4.79 Å². The normalized spacial score (nSPS) is 15.9. The van der Waals surface area contributed by atoms with Crippen LogP contribution in [0, 0.1) is 19.8 Å². The number of piperidine rings is 1. The van der Waals surface area contributed by atoms with E-state index in [1.165, 1.54) is 4.31 Å². The Hall–Kier alpha value is -2.49. The molecule has 0 aliphatic carbocycles. The zero-order chi connectivity index (χ0) is 24.7.